The molecular formula is C11H11BrO2. The Morgan fingerprint density at radius 1 is 1.43 bits per heavy atom. The van der Waals surface area contributed by atoms with Crippen LogP contribution in [0.15, 0.2) is 34.3 Å². The molecule has 1 N–H and O–H groups in total. The van der Waals surface area contributed by atoms with Crippen LogP contribution in [-0.4, -0.2) is 11.1 Å². The largest absolute Gasteiger partial charge is 0.478 e. The van der Waals surface area contributed by atoms with Gasteiger partial charge in [0, 0.05) is 10.0 Å². The molecule has 0 aromatic heterocycles. The predicted molar refractivity (Wildman–Crippen MR) is 60.0 cm³/mol. The second-order valence-corrected chi connectivity index (χ2v) is 3.80. The van der Waals surface area contributed by atoms with Crippen LogP contribution in [0.2, 0.25) is 0 Å². The number of benzene rings is 1. The van der Waals surface area contributed by atoms with Crippen molar-refractivity contribution < 1.29 is 9.90 Å². The Labute approximate surface area is 91.4 Å². The van der Waals surface area contributed by atoms with Gasteiger partial charge in [-0.05, 0) is 30.2 Å². The van der Waals surface area contributed by atoms with Gasteiger partial charge in [0.2, 0.25) is 0 Å². The molecule has 0 unspecified atom stereocenters. The molecule has 1 aromatic rings. The summed E-state index contributed by atoms with van der Waals surface area (Å²) in [6, 6.07) is 7.54. The minimum atomic E-state index is -0.851. The first kappa shape index (κ1) is 11.0. The summed E-state index contributed by atoms with van der Waals surface area (Å²) in [6.07, 6.45) is 2.22. The molecule has 2 nitrogen and oxygen atoms in total. The number of carbonyl (C=O) groups is 1. The Bertz CT molecular complexity index is 352. The topological polar surface area (TPSA) is 37.3 Å². The maximum Gasteiger partial charge on any atom is 0.331 e. The Morgan fingerprint density at radius 3 is 2.43 bits per heavy atom. The van der Waals surface area contributed by atoms with Crippen LogP contribution in [0.4, 0.5) is 0 Å². The van der Waals surface area contributed by atoms with Crippen LogP contribution >= 0.6 is 15.9 Å². The van der Waals surface area contributed by atoms with E-state index in [1.54, 1.807) is 6.08 Å². The third-order valence-electron chi connectivity index (χ3n) is 1.87. The van der Waals surface area contributed by atoms with E-state index < -0.39 is 5.97 Å². The molecule has 0 atom stereocenters. The third-order valence-corrected chi connectivity index (χ3v) is 2.40. The van der Waals surface area contributed by atoms with E-state index in [2.05, 4.69) is 15.9 Å². The summed E-state index contributed by atoms with van der Waals surface area (Å²) in [6.45, 7) is 1.83. The Morgan fingerprint density at radius 2 is 2.00 bits per heavy atom. The zero-order chi connectivity index (χ0) is 10.6. The number of aliphatic carboxylic acids is 1. The molecule has 0 bridgehead atoms. The average molecular weight is 255 g/mol. The summed E-state index contributed by atoms with van der Waals surface area (Å²) in [5, 5.41) is 8.81. The van der Waals surface area contributed by atoms with Crippen molar-refractivity contribution in [2.75, 3.05) is 0 Å². The summed E-state index contributed by atoms with van der Waals surface area (Å²) in [4.78, 5) is 10.7. The van der Waals surface area contributed by atoms with E-state index in [-0.39, 0.29) is 0 Å². The number of carboxylic acids is 1. The third kappa shape index (κ3) is 3.00. The maximum atomic E-state index is 10.7. The Kier molecular flexibility index (Phi) is 3.89. The summed E-state index contributed by atoms with van der Waals surface area (Å²) >= 11 is 3.32. The predicted octanol–water partition coefficient (Wildman–Crippen LogP) is 3.33. The molecule has 1 aromatic carbocycles. The molecule has 0 aliphatic heterocycles. The van der Waals surface area contributed by atoms with Gasteiger partial charge < -0.3 is 5.11 Å². The normalized spacial score (nSPS) is 11.4. The van der Waals surface area contributed by atoms with Gasteiger partial charge in [-0.3, -0.25) is 0 Å². The molecule has 0 amide bonds. The highest BCUT2D eigenvalue weighted by Gasteiger charge is 2.03. The van der Waals surface area contributed by atoms with Crippen molar-refractivity contribution in [2.45, 2.75) is 13.3 Å². The molecule has 3 heteroatoms. The summed E-state index contributed by atoms with van der Waals surface area (Å²) in [7, 11) is 0. The lowest BCUT2D eigenvalue weighted by Crippen LogP contribution is -1.98. The number of hydrogen-bond donors (Lipinski definition) is 1. The lowest BCUT2D eigenvalue weighted by Gasteiger charge is -1.98. The second kappa shape index (κ2) is 4.96. The summed E-state index contributed by atoms with van der Waals surface area (Å²) in [5.74, 6) is -0.851. The molecule has 0 fully saturated rings. The fourth-order valence-corrected chi connectivity index (χ4v) is 1.34. The zero-order valence-corrected chi connectivity index (χ0v) is 9.41. The number of halogens is 1. The van der Waals surface area contributed by atoms with Gasteiger partial charge in [0.1, 0.15) is 0 Å². The molecule has 1 rings (SSSR count). The molecule has 0 aliphatic rings. The van der Waals surface area contributed by atoms with Gasteiger partial charge in [-0.1, -0.05) is 35.0 Å². The van der Waals surface area contributed by atoms with Crippen LogP contribution in [0.25, 0.3) is 6.08 Å². The molecule has 74 valence electrons. The van der Waals surface area contributed by atoms with Crippen molar-refractivity contribution in [3.8, 4) is 0 Å². The van der Waals surface area contributed by atoms with Crippen LogP contribution in [0.1, 0.15) is 18.9 Å². The highest BCUT2D eigenvalue weighted by molar-refractivity contribution is 9.10. The van der Waals surface area contributed by atoms with Gasteiger partial charge in [0.25, 0.3) is 0 Å². The van der Waals surface area contributed by atoms with E-state index in [1.807, 2.05) is 31.2 Å². The number of rotatable bonds is 3. The van der Waals surface area contributed by atoms with Crippen molar-refractivity contribution in [1.29, 1.82) is 0 Å². The first-order valence-electron chi connectivity index (χ1n) is 4.33. The summed E-state index contributed by atoms with van der Waals surface area (Å²) in [5.41, 5.74) is 1.33. The SMILES string of the molecule is CC/C(=C/c1ccc(Br)cc1)C(=O)O. The zero-order valence-electron chi connectivity index (χ0n) is 7.83. The molecule has 0 saturated carbocycles. The van der Waals surface area contributed by atoms with Crippen LogP contribution in [0, 0.1) is 0 Å². The molecule has 0 saturated heterocycles. The molecular weight excluding hydrogens is 244 g/mol. The van der Waals surface area contributed by atoms with Gasteiger partial charge in [0.05, 0.1) is 0 Å². The van der Waals surface area contributed by atoms with Crippen molar-refractivity contribution >= 4 is 28.0 Å². The quantitative estimate of drug-likeness (QED) is 0.841. The first-order chi connectivity index (χ1) is 6.63. The van der Waals surface area contributed by atoms with E-state index in [4.69, 9.17) is 5.11 Å². The number of carboxylic acid groups (broad SMARTS) is 1. The fourth-order valence-electron chi connectivity index (χ4n) is 1.08. The highest BCUT2D eigenvalue weighted by atomic mass is 79.9. The van der Waals surface area contributed by atoms with E-state index in [0.717, 1.165) is 10.0 Å². The van der Waals surface area contributed by atoms with E-state index in [0.29, 0.717) is 12.0 Å². The van der Waals surface area contributed by atoms with Gasteiger partial charge in [-0.15, -0.1) is 0 Å². The summed E-state index contributed by atoms with van der Waals surface area (Å²) < 4.78 is 0.989. The van der Waals surface area contributed by atoms with E-state index in [1.165, 1.54) is 0 Å². The highest BCUT2D eigenvalue weighted by Crippen LogP contribution is 2.14. The van der Waals surface area contributed by atoms with Crippen molar-refractivity contribution in [3.63, 3.8) is 0 Å². The average Bonchev–Trinajstić information content (AvgIpc) is 2.16. The van der Waals surface area contributed by atoms with Gasteiger partial charge in [0.15, 0.2) is 0 Å². The first-order valence-corrected chi connectivity index (χ1v) is 5.12. The van der Waals surface area contributed by atoms with E-state index in [9.17, 15) is 4.79 Å². The van der Waals surface area contributed by atoms with Crippen LogP contribution < -0.4 is 0 Å². The number of hydrogen-bond acceptors (Lipinski definition) is 1. The molecule has 0 heterocycles. The van der Waals surface area contributed by atoms with E-state index >= 15 is 0 Å². The molecule has 0 spiro atoms. The van der Waals surface area contributed by atoms with Crippen LogP contribution in [0.3, 0.4) is 0 Å². The van der Waals surface area contributed by atoms with Crippen molar-refractivity contribution in [1.82, 2.24) is 0 Å². The van der Waals surface area contributed by atoms with Gasteiger partial charge >= 0.3 is 5.97 Å². The standard InChI is InChI=1S/C11H11BrO2/c1-2-9(11(13)14)7-8-3-5-10(12)6-4-8/h3-7H,2H2,1H3,(H,13,14)/b9-7-. The van der Waals surface area contributed by atoms with Crippen molar-refractivity contribution in [3.05, 3.63) is 39.9 Å². The minimum absolute atomic E-state index is 0.423. The smallest absolute Gasteiger partial charge is 0.331 e. The van der Waals surface area contributed by atoms with Crippen LogP contribution in [0.5, 0.6) is 0 Å². The maximum absolute atomic E-state index is 10.7. The molecule has 0 radical (unpaired) electrons. The lowest BCUT2D eigenvalue weighted by atomic mass is 10.1. The minimum Gasteiger partial charge on any atom is -0.478 e. The second-order valence-electron chi connectivity index (χ2n) is 2.88. The van der Waals surface area contributed by atoms with Gasteiger partial charge in [-0.2, -0.15) is 0 Å². The monoisotopic (exact) mass is 254 g/mol. The lowest BCUT2D eigenvalue weighted by molar-refractivity contribution is -0.132. The van der Waals surface area contributed by atoms with Crippen LogP contribution in [-0.2, 0) is 4.79 Å². The Hall–Kier alpha value is -1.09. The molecule has 14 heavy (non-hydrogen) atoms. The Balaban J connectivity index is 2.95. The van der Waals surface area contributed by atoms with Crippen molar-refractivity contribution in [2.24, 2.45) is 0 Å². The fraction of sp³-hybridized carbons (Fsp3) is 0.182. The van der Waals surface area contributed by atoms with Gasteiger partial charge in [-0.25, -0.2) is 4.79 Å². The molecule has 0 aliphatic carbocycles.